The average molecular weight is 197 g/mol. The minimum atomic E-state index is -0.929. The van der Waals surface area contributed by atoms with Crippen LogP contribution < -0.4 is 0 Å². The van der Waals surface area contributed by atoms with Gasteiger partial charge in [-0.2, -0.15) is 0 Å². The van der Waals surface area contributed by atoms with Gasteiger partial charge in [0.1, 0.15) is 0 Å². The summed E-state index contributed by atoms with van der Waals surface area (Å²) in [5.41, 5.74) is 0. The Bertz CT molecular complexity index is 348. The lowest BCUT2D eigenvalue weighted by Crippen LogP contribution is -2.31. The summed E-state index contributed by atoms with van der Waals surface area (Å²) in [7, 11) is 0. The summed E-state index contributed by atoms with van der Waals surface area (Å²) in [6.07, 6.45) is 2.63. The van der Waals surface area contributed by atoms with Crippen molar-refractivity contribution >= 4 is 24.0 Å². The van der Waals surface area contributed by atoms with Crippen molar-refractivity contribution in [3.05, 3.63) is 12.2 Å². The predicted molar refractivity (Wildman–Crippen MR) is 39.0 cm³/mol. The van der Waals surface area contributed by atoms with Crippen molar-refractivity contribution in [2.75, 3.05) is 0 Å². The van der Waals surface area contributed by atoms with Crippen LogP contribution in [0.3, 0.4) is 0 Å². The predicted octanol–water partition coefficient (Wildman–Crippen LogP) is -0.955. The molecule has 1 heterocycles. The molecule has 0 bridgehead atoms. The Morgan fingerprint density at radius 2 is 1.86 bits per heavy atom. The van der Waals surface area contributed by atoms with Gasteiger partial charge < -0.3 is 0 Å². The zero-order chi connectivity index (χ0) is 10.6. The number of carbonyl (C=O) groups excluding carboxylic acids is 3. The molecule has 0 spiro atoms. The topological polar surface area (TPSA) is 109 Å². The van der Waals surface area contributed by atoms with Crippen LogP contribution in [0.2, 0.25) is 0 Å². The number of nitrogens with zero attached hydrogens (tertiary/aromatic N) is 2. The molecule has 0 aromatic carbocycles. The van der Waals surface area contributed by atoms with Gasteiger partial charge in [0.25, 0.3) is 0 Å². The van der Waals surface area contributed by atoms with Gasteiger partial charge in [0, 0.05) is 17.4 Å². The Balaban J connectivity index is 2.81. The zero-order valence-corrected chi connectivity index (χ0v) is 6.59. The number of nitrogens with one attached hydrogen (secondary N) is 1. The van der Waals surface area contributed by atoms with E-state index in [1.807, 2.05) is 0 Å². The van der Waals surface area contributed by atoms with Gasteiger partial charge in [-0.15, -0.1) is 4.99 Å². The number of rotatable bonds is 0. The molecule has 0 atom stereocenters. The molecule has 0 radical (unpaired) electrons. The molecule has 0 aliphatic carbocycles. The molecule has 0 saturated carbocycles. The largest absolute Gasteiger partial charge is 0.360 e. The highest BCUT2D eigenvalue weighted by Crippen LogP contribution is 2.02. The maximum Gasteiger partial charge on any atom is 0.360 e. The zero-order valence-electron chi connectivity index (χ0n) is 6.59. The Kier molecular flexibility index (Phi) is 2.72. The minimum Gasteiger partial charge on any atom is -0.298 e. The summed E-state index contributed by atoms with van der Waals surface area (Å²) in [6.45, 7) is 0. The first-order valence-electron chi connectivity index (χ1n) is 3.22. The lowest BCUT2D eigenvalue weighted by molar-refractivity contribution is -0.274. The third-order valence-electron chi connectivity index (χ3n) is 1.03. The van der Waals surface area contributed by atoms with Crippen molar-refractivity contribution in [2.24, 2.45) is 4.99 Å². The van der Waals surface area contributed by atoms with Gasteiger partial charge in [-0.1, -0.05) is 0 Å². The number of hydroxylamine groups is 2. The van der Waals surface area contributed by atoms with Crippen LogP contribution in [0, 0.1) is 5.41 Å². The Morgan fingerprint density at radius 3 is 2.29 bits per heavy atom. The van der Waals surface area contributed by atoms with E-state index in [-0.39, 0.29) is 5.23 Å². The number of aliphatic imine (C=N–C) groups is 1. The van der Waals surface area contributed by atoms with Gasteiger partial charge in [-0.05, 0) is 0 Å². The monoisotopic (exact) mass is 197 g/mol. The van der Waals surface area contributed by atoms with Crippen LogP contribution in [0.4, 0.5) is 0 Å². The molecule has 0 aromatic rings. The SMILES string of the molecule is N=C(N=C=O)N1OC(=O)C=CC(=O)O1. The molecule has 8 nitrogen and oxygen atoms in total. The first-order chi connectivity index (χ1) is 6.63. The van der Waals surface area contributed by atoms with Crippen LogP contribution in [-0.4, -0.2) is 29.2 Å². The molecule has 1 aliphatic rings. The number of hydrogen-bond acceptors (Lipinski definition) is 6. The van der Waals surface area contributed by atoms with Gasteiger partial charge in [0.2, 0.25) is 6.08 Å². The molecule has 0 fully saturated rings. The minimum absolute atomic E-state index is 0.107. The van der Waals surface area contributed by atoms with Crippen LogP contribution in [-0.2, 0) is 24.1 Å². The molecule has 72 valence electrons. The van der Waals surface area contributed by atoms with Gasteiger partial charge in [-0.3, -0.25) is 15.1 Å². The van der Waals surface area contributed by atoms with E-state index in [1.54, 1.807) is 0 Å². The van der Waals surface area contributed by atoms with E-state index in [4.69, 9.17) is 5.41 Å². The molecule has 0 aromatic heterocycles. The Hall–Kier alpha value is -2.47. The maximum absolute atomic E-state index is 10.7. The fraction of sp³-hybridized carbons (Fsp3) is 0. The fourth-order valence-corrected chi connectivity index (χ4v) is 0.550. The van der Waals surface area contributed by atoms with Crippen molar-refractivity contribution in [2.45, 2.75) is 0 Å². The molecular weight excluding hydrogens is 194 g/mol. The first-order valence-corrected chi connectivity index (χ1v) is 3.22. The second-order valence-electron chi connectivity index (χ2n) is 1.94. The highest BCUT2D eigenvalue weighted by Gasteiger charge is 2.21. The van der Waals surface area contributed by atoms with Gasteiger partial charge in [-0.25, -0.2) is 14.4 Å². The number of carbonyl (C=O) groups is 2. The molecule has 0 amide bonds. The molecule has 14 heavy (non-hydrogen) atoms. The molecule has 1 N–H and O–H groups in total. The lowest BCUT2D eigenvalue weighted by atomic mass is 10.5. The van der Waals surface area contributed by atoms with E-state index in [1.165, 1.54) is 0 Å². The van der Waals surface area contributed by atoms with Gasteiger partial charge in [0.05, 0.1) is 0 Å². The standard InChI is InChI=1S/C6H3N3O5/c7-6(8-3-10)9-13-4(11)1-2-5(12)14-9/h1-2,7H. The van der Waals surface area contributed by atoms with E-state index in [0.717, 1.165) is 18.2 Å². The number of hydrogen-bond donors (Lipinski definition) is 1. The normalized spacial score (nSPS) is 15.0. The molecule has 0 saturated heterocycles. The fourth-order valence-electron chi connectivity index (χ4n) is 0.550. The van der Waals surface area contributed by atoms with E-state index >= 15 is 0 Å². The van der Waals surface area contributed by atoms with E-state index in [2.05, 4.69) is 14.7 Å². The van der Waals surface area contributed by atoms with E-state index < -0.39 is 17.9 Å². The quantitative estimate of drug-likeness (QED) is 0.304. The summed E-state index contributed by atoms with van der Waals surface area (Å²) < 4.78 is 0. The average Bonchev–Trinajstić information content (AvgIpc) is 2.29. The second kappa shape index (κ2) is 3.97. The Labute approximate surface area is 76.8 Å². The summed E-state index contributed by atoms with van der Waals surface area (Å²) >= 11 is 0. The summed E-state index contributed by atoms with van der Waals surface area (Å²) in [5, 5.41) is 7.08. The second-order valence-corrected chi connectivity index (χ2v) is 1.94. The molecule has 1 rings (SSSR count). The van der Waals surface area contributed by atoms with Crippen LogP contribution >= 0.6 is 0 Å². The molecule has 1 aliphatic heterocycles. The van der Waals surface area contributed by atoms with Crippen molar-refractivity contribution in [1.29, 1.82) is 5.41 Å². The van der Waals surface area contributed by atoms with E-state index in [9.17, 15) is 14.4 Å². The highest BCUT2D eigenvalue weighted by atomic mass is 17.0. The summed E-state index contributed by atoms with van der Waals surface area (Å²) in [6, 6.07) is 0. The van der Waals surface area contributed by atoms with Gasteiger partial charge in [0.15, 0.2) is 0 Å². The third kappa shape index (κ3) is 2.26. The van der Waals surface area contributed by atoms with Crippen LogP contribution in [0.15, 0.2) is 17.1 Å². The highest BCUT2D eigenvalue weighted by molar-refractivity contribution is 5.94. The molecular formula is C6H3N3O5. The van der Waals surface area contributed by atoms with Crippen LogP contribution in [0.5, 0.6) is 0 Å². The summed E-state index contributed by atoms with van der Waals surface area (Å²) in [4.78, 5) is 42.5. The lowest BCUT2D eigenvalue weighted by Gasteiger charge is -2.13. The van der Waals surface area contributed by atoms with Crippen molar-refractivity contribution < 1.29 is 24.1 Å². The Morgan fingerprint density at radius 1 is 1.36 bits per heavy atom. The van der Waals surface area contributed by atoms with Crippen molar-refractivity contribution in [1.82, 2.24) is 5.23 Å². The molecule has 0 unspecified atom stereocenters. The smallest absolute Gasteiger partial charge is 0.298 e. The van der Waals surface area contributed by atoms with Crippen molar-refractivity contribution in [3.63, 3.8) is 0 Å². The summed E-state index contributed by atoms with van der Waals surface area (Å²) in [5.74, 6) is -2.73. The molecule has 8 heteroatoms. The van der Waals surface area contributed by atoms with Crippen LogP contribution in [0.1, 0.15) is 0 Å². The third-order valence-corrected chi connectivity index (χ3v) is 1.03. The number of guanidine groups is 1. The van der Waals surface area contributed by atoms with Gasteiger partial charge >= 0.3 is 17.9 Å². The van der Waals surface area contributed by atoms with E-state index in [0.29, 0.717) is 0 Å². The van der Waals surface area contributed by atoms with Crippen molar-refractivity contribution in [3.8, 4) is 0 Å². The number of isocyanates is 1. The maximum atomic E-state index is 10.7. The first kappa shape index (κ1) is 9.62. The van der Waals surface area contributed by atoms with Crippen LogP contribution in [0.25, 0.3) is 0 Å².